The minimum Gasteiger partial charge on any atom is -0.493 e. The average Bonchev–Trinajstić information content (AvgIpc) is 2.59. The van der Waals surface area contributed by atoms with Gasteiger partial charge in [-0.25, -0.2) is 0 Å². The lowest BCUT2D eigenvalue weighted by molar-refractivity contribution is 0.160. The zero-order valence-electron chi connectivity index (χ0n) is 16.0. The first-order valence-electron chi connectivity index (χ1n) is 8.90. The minimum atomic E-state index is 0.497. The van der Waals surface area contributed by atoms with E-state index in [0.29, 0.717) is 6.61 Å². The summed E-state index contributed by atoms with van der Waals surface area (Å²) in [5.41, 5.74) is 3.47. The van der Waals surface area contributed by atoms with E-state index >= 15 is 0 Å². The molecule has 0 bridgehead atoms. The zero-order chi connectivity index (χ0) is 18.3. The third-order valence-corrected chi connectivity index (χ3v) is 3.67. The second kappa shape index (κ2) is 13.3. The molecule has 0 spiro atoms. The van der Waals surface area contributed by atoms with Crippen molar-refractivity contribution in [3.63, 3.8) is 0 Å². The molecule has 25 heavy (non-hydrogen) atoms. The topological polar surface area (TPSA) is 52.1 Å². The average molecular weight is 348 g/mol. The van der Waals surface area contributed by atoms with Gasteiger partial charge in [-0.1, -0.05) is 17.3 Å². The van der Waals surface area contributed by atoms with Crippen LogP contribution >= 0.6 is 0 Å². The van der Waals surface area contributed by atoms with E-state index in [4.69, 9.17) is 9.47 Å². The van der Waals surface area contributed by atoms with Gasteiger partial charge in [0.15, 0.2) is 0 Å². The van der Waals surface area contributed by atoms with Gasteiger partial charge in [0.2, 0.25) is 0 Å². The molecule has 0 atom stereocenters. The Bertz CT molecular complexity index is 519. The van der Waals surface area contributed by atoms with Crippen LogP contribution in [0.4, 0.5) is 5.69 Å². The SMILES string of the molecule is C/C=C/CNc1cc(C)c(OCCCCCOC/C=N/OC)c(C)c1. The van der Waals surface area contributed by atoms with Crippen molar-refractivity contribution in [2.75, 3.05) is 38.8 Å². The van der Waals surface area contributed by atoms with Gasteiger partial charge in [-0.05, 0) is 63.3 Å². The van der Waals surface area contributed by atoms with Crippen LogP contribution in [-0.2, 0) is 9.57 Å². The van der Waals surface area contributed by atoms with Crippen molar-refractivity contribution < 1.29 is 14.3 Å². The van der Waals surface area contributed by atoms with Crippen LogP contribution in [0.5, 0.6) is 5.75 Å². The molecule has 0 aliphatic carbocycles. The number of anilines is 1. The highest BCUT2D eigenvalue weighted by molar-refractivity contribution is 5.57. The fourth-order valence-corrected chi connectivity index (χ4v) is 2.47. The first-order chi connectivity index (χ1) is 12.2. The summed E-state index contributed by atoms with van der Waals surface area (Å²) in [7, 11) is 1.52. The fraction of sp³-hybridized carbons (Fsp3) is 0.550. The standard InChI is InChI=1S/C20H32N2O3/c1-5-6-10-21-19-15-17(2)20(18(3)16-19)25-13-9-7-8-12-24-14-11-22-23-4/h5-6,11,15-16,21H,7-10,12-14H2,1-4H3/b6-5+,22-11+. The van der Waals surface area contributed by atoms with Crippen LogP contribution in [0.3, 0.4) is 0 Å². The van der Waals surface area contributed by atoms with Crippen LogP contribution in [0, 0.1) is 13.8 Å². The maximum absolute atomic E-state index is 5.99. The number of benzene rings is 1. The van der Waals surface area contributed by atoms with Gasteiger partial charge < -0.3 is 19.6 Å². The van der Waals surface area contributed by atoms with Crippen molar-refractivity contribution in [2.24, 2.45) is 5.16 Å². The summed E-state index contributed by atoms with van der Waals surface area (Å²) in [5, 5.41) is 7.01. The number of hydrogen-bond donors (Lipinski definition) is 1. The predicted molar refractivity (Wildman–Crippen MR) is 105 cm³/mol. The van der Waals surface area contributed by atoms with E-state index in [-0.39, 0.29) is 0 Å². The lowest BCUT2D eigenvalue weighted by Crippen LogP contribution is -2.04. The fourth-order valence-electron chi connectivity index (χ4n) is 2.47. The summed E-state index contributed by atoms with van der Waals surface area (Å²) in [6.45, 7) is 9.03. The van der Waals surface area contributed by atoms with E-state index in [1.54, 1.807) is 6.21 Å². The summed E-state index contributed by atoms with van der Waals surface area (Å²) >= 11 is 0. The Morgan fingerprint density at radius 2 is 1.80 bits per heavy atom. The van der Waals surface area contributed by atoms with Gasteiger partial charge in [-0.2, -0.15) is 0 Å². The molecule has 0 fully saturated rings. The number of allylic oxidation sites excluding steroid dienone is 1. The Labute approximate surface area is 152 Å². The number of rotatable bonds is 13. The van der Waals surface area contributed by atoms with Crippen LogP contribution in [0.25, 0.3) is 0 Å². The smallest absolute Gasteiger partial charge is 0.125 e. The lowest BCUT2D eigenvalue weighted by atomic mass is 10.1. The first-order valence-corrected chi connectivity index (χ1v) is 8.90. The Balaban J connectivity index is 2.25. The third kappa shape index (κ3) is 9.15. The minimum absolute atomic E-state index is 0.497. The summed E-state index contributed by atoms with van der Waals surface area (Å²) in [6.07, 6.45) is 8.89. The number of nitrogens with one attached hydrogen (secondary N) is 1. The number of unbranched alkanes of at least 4 members (excludes halogenated alkanes) is 2. The van der Waals surface area contributed by atoms with Crippen molar-refractivity contribution in [2.45, 2.75) is 40.0 Å². The van der Waals surface area contributed by atoms with E-state index < -0.39 is 0 Å². The maximum atomic E-state index is 5.99. The monoisotopic (exact) mass is 348 g/mol. The molecule has 140 valence electrons. The second-order valence-corrected chi connectivity index (χ2v) is 5.84. The Morgan fingerprint density at radius 1 is 1.08 bits per heavy atom. The highest BCUT2D eigenvalue weighted by Crippen LogP contribution is 2.27. The molecule has 5 nitrogen and oxygen atoms in total. The molecule has 0 aliphatic rings. The van der Waals surface area contributed by atoms with E-state index in [1.165, 1.54) is 18.2 Å². The summed E-state index contributed by atoms with van der Waals surface area (Å²) in [5.74, 6) is 1.00. The van der Waals surface area contributed by atoms with Gasteiger partial charge in [0, 0.05) is 18.8 Å². The molecule has 0 aromatic heterocycles. The molecule has 1 aromatic rings. The molecule has 1 aromatic carbocycles. The van der Waals surface area contributed by atoms with Gasteiger partial charge in [-0.15, -0.1) is 0 Å². The number of oxime groups is 1. The number of aryl methyl sites for hydroxylation is 2. The Hall–Kier alpha value is -2.01. The molecule has 0 unspecified atom stereocenters. The van der Waals surface area contributed by atoms with Crippen molar-refractivity contribution in [1.29, 1.82) is 0 Å². The highest BCUT2D eigenvalue weighted by atomic mass is 16.6. The molecular formula is C20H32N2O3. The largest absolute Gasteiger partial charge is 0.493 e. The van der Waals surface area contributed by atoms with Crippen LogP contribution in [0.2, 0.25) is 0 Å². The van der Waals surface area contributed by atoms with Gasteiger partial charge in [0.25, 0.3) is 0 Å². The maximum Gasteiger partial charge on any atom is 0.125 e. The predicted octanol–water partition coefficient (Wildman–Crippen LogP) is 4.49. The third-order valence-electron chi connectivity index (χ3n) is 3.67. The van der Waals surface area contributed by atoms with Crippen molar-refractivity contribution in [1.82, 2.24) is 0 Å². The molecule has 0 saturated heterocycles. The summed E-state index contributed by atoms with van der Waals surface area (Å²) in [6, 6.07) is 4.28. The highest BCUT2D eigenvalue weighted by Gasteiger charge is 2.06. The number of nitrogens with zero attached hydrogens (tertiary/aromatic N) is 1. The van der Waals surface area contributed by atoms with Crippen molar-refractivity contribution in [3.8, 4) is 5.75 Å². The van der Waals surface area contributed by atoms with Crippen LogP contribution < -0.4 is 10.1 Å². The molecule has 0 radical (unpaired) electrons. The molecule has 0 amide bonds. The van der Waals surface area contributed by atoms with E-state index in [0.717, 1.165) is 50.5 Å². The van der Waals surface area contributed by atoms with Crippen LogP contribution in [-0.4, -0.2) is 39.7 Å². The van der Waals surface area contributed by atoms with Crippen LogP contribution in [0.1, 0.15) is 37.3 Å². The zero-order valence-corrected chi connectivity index (χ0v) is 16.0. The van der Waals surface area contributed by atoms with Gasteiger partial charge >= 0.3 is 0 Å². The molecule has 5 heteroatoms. The van der Waals surface area contributed by atoms with Gasteiger partial charge in [0.1, 0.15) is 12.9 Å². The summed E-state index contributed by atoms with van der Waals surface area (Å²) < 4.78 is 11.4. The normalized spacial score (nSPS) is 11.4. The molecule has 1 N–H and O–H groups in total. The molecule has 0 heterocycles. The van der Waals surface area contributed by atoms with Crippen molar-refractivity contribution >= 4 is 11.9 Å². The second-order valence-electron chi connectivity index (χ2n) is 5.84. The van der Waals surface area contributed by atoms with E-state index in [2.05, 4.69) is 47.4 Å². The first kappa shape index (κ1) is 21.0. The molecule has 0 aliphatic heterocycles. The van der Waals surface area contributed by atoms with Gasteiger partial charge in [-0.3, -0.25) is 0 Å². The van der Waals surface area contributed by atoms with E-state index in [9.17, 15) is 0 Å². The molecule has 0 saturated carbocycles. The lowest BCUT2D eigenvalue weighted by Gasteiger charge is -2.14. The van der Waals surface area contributed by atoms with E-state index in [1.807, 2.05) is 13.0 Å². The van der Waals surface area contributed by atoms with Crippen LogP contribution in [0.15, 0.2) is 29.4 Å². The summed E-state index contributed by atoms with van der Waals surface area (Å²) in [4.78, 5) is 4.56. The number of hydrogen-bond acceptors (Lipinski definition) is 5. The molecule has 1 rings (SSSR count). The Morgan fingerprint density at radius 3 is 2.48 bits per heavy atom. The number of ether oxygens (including phenoxy) is 2. The Kier molecular flexibility index (Phi) is 11.2. The van der Waals surface area contributed by atoms with Crippen molar-refractivity contribution in [3.05, 3.63) is 35.4 Å². The van der Waals surface area contributed by atoms with Gasteiger partial charge in [0.05, 0.1) is 19.4 Å². The molecular weight excluding hydrogens is 316 g/mol. The quantitative estimate of drug-likeness (QED) is 0.247.